The summed E-state index contributed by atoms with van der Waals surface area (Å²) in [4.78, 5) is 13.6. The summed E-state index contributed by atoms with van der Waals surface area (Å²) in [6.45, 7) is 8.53. The van der Waals surface area contributed by atoms with E-state index < -0.39 is 0 Å². The standard InChI is InChI=1S/C11H21NO2/c1-9(2)4-5-11(13)12-6-7-14-10(3)8-12/h9-10H,4-8H2,1-3H3/t10-/m0/s1. The maximum atomic E-state index is 11.7. The highest BCUT2D eigenvalue weighted by Gasteiger charge is 2.20. The molecule has 82 valence electrons. The van der Waals surface area contributed by atoms with Crippen LogP contribution in [-0.4, -0.2) is 36.6 Å². The zero-order chi connectivity index (χ0) is 10.6. The predicted molar refractivity (Wildman–Crippen MR) is 56.1 cm³/mol. The van der Waals surface area contributed by atoms with Crippen molar-refractivity contribution in [3.8, 4) is 0 Å². The lowest BCUT2D eigenvalue weighted by molar-refractivity contribution is -0.138. The van der Waals surface area contributed by atoms with Gasteiger partial charge in [-0.05, 0) is 19.3 Å². The second-order valence-electron chi connectivity index (χ2n) is 4.45. The third kappa shape index (κ3) is 3.66. The van der Waals surface area contributed by atoms with Gasteiger partial charge in [-0.25, -0.2) is 0 Å². The Hall–Kier alpha value is -0.570. The summed E-state index contributed by atoms with van der Waals surface area (Å²) in [5.74, 6) is 0.895. The van der Waals surface area contributed by atoms with Gasteiger partial charge in [0.2, 0.25) is 5.91 Å². The van der Waals surface area contributed by atoms with Crippen LogP contribution in [0.15, 0.2) is 0 Å². The maximum Gasteiger partial charge on any atom is 0.222 e. The molecule has 1 rings (SSSR count). The largest absolute Gasteiger partial charge is 0.375 e. The zero-order valence-electron chi connectivity index (χ0n) is 9.45. The first-order valence-electron chi connectivity index (χ1n) is 5.49. The second kappa shape index (κ2) is 5.35. The van der Waals surface area contributed by atoms with Crippen molar-refractivity contribution in [2.45, 2.75) is 39.7 Å². The quantitative estimate of drug-likeness (QED) is 0.692. The Bertz CT molecular complexity index is 192. The molecule has 0 bridgehead atoms. The third-order valence-electron chi connectivity index (χ3n) is 2.53. The van der Waals surface area contributed by atoms with Crippen LogP contribution >= 0.6 is 0 Å². The topological polar surface area (TPSA) is 29.5 Å². The van der Waals surface area contributed by atoms with Crippen LogP contribution in [0.4, 0.5) is 0 Å². The van der Waals surface area contributed by atoms with Crippen LogP contribution in [0, 0.1) is 5.92 Å². The number of morpholine rings is 1. The average molecular weight is 199 g/mol. The van der Waals surface area contributed by atoms with Crippen molar-refractivity contribution in [1.29, 1.82) is 0 Å². The predicted octanol–water partition coefficient (Wildman–Crippen LogP) is 1.67. The van der Waals surface area contributed by atoms with Gasteiger partial charge in [-0.3, -0.25) is 4.79 Å². The fourth-order valence-corrected chi connectivity index (χ4v) is 1.62. The van der Waals surface area contributed by atoms with Crippen molar-refractivity contribution in [2.24, 2.45) is 5.92 Å². The Morgan fingerprint density at radius 3 is 2.86 bits per heavy atom. The minimum absolute atomic E-state index is 0.201. The van der Waals surface area contributed by atoms with E-state index in [0.29, 0.717) is 18.9 Å². The minimum Gasteiger partial charge on any atom is -0.375 e. The highest BCUT2D eigenvalue weighted by atomic mass is 16.5. The van der Waals surface area contributed by atoms with Gasteiger partial charge < -0.3 is 9.64 Å². The number of hydrogen-bond acceptors (Lipinski definition) is 2. The Balaban J connectivity index is 2.29. The van der Waals surface area contributed by atoms with Crippen molar-refractivity contribution in [2.75, 3.05) is 19.7 Å². The Morgan fingerprint density at radius 2 is 2.29 bits per heavy atom. The van der Waals surface area contributed by atoms with E-state index in [1.807, 2.05) is 11.8 Å². The van der Waals surface area contributed by atoms with Crippen molar-refractivity contribution in [3.63, 3.8) is 0 Å². The third-order valence-corrected chi connectivity index (χ3v) is 2.53. The number of carbonyl (C=O) groups excluding carboxylic acids is 1. The fraction of sp³-hybridized carbons (Fsp3) is 0.909. The molecule has 0 unspecified atom stereocenters. The van der Waals surface area contributed by atoms with Gasteiger partial charge in [0, 0.05) is 19.5 Å². The minimum atomic E-state index is 0.201. The Kier molecular flexibility index (Phi) is 4.39. The summed E-state index contributed by atoms with van der Waals surface area (Å²) in [6, 6.07) is 0. The highest BCUT2D eigenvalue weighted by Crippen LogP contribution is 2.10. The number of hydrogen-bond donors (Lipinski definition) is 0. The molecule has 14 heavy (non-hydrogen) atoms. The molecular formula is C11H21NO2. The van der Waals surface area contributed by atoms with Crippen LogP contribution in [0.3, 0.4) is 0 Å². The van der Waals surface area contributed by atoms with Gasteiger partial charge in [-0.1, -0.05) is 13.8 Å². The van der Waals surface area contributed by atoms with Gasteiger partial charge >= 0.3 is 0 Å². The van der Waals surface area contributed by atoms with Crippen molar-refractivity contribution in [3.05, 3.63) is 0 Å². The second-order valence-corrected chi connectivity index (χ2v) is 4.45. The van der Waals surface area contributed by atoms with Crippen LogP contribution in [0.25, 0.3) is 0 Å². The summed E-state index contributed by atoms with van der Waals surface area (Å²) in [6.07, 6.45) is 1.88. The van der Waals surface area contributed by atoms with Gasteiger partial charge in [0.05, 0.1) is 12.7 Å². The van der Waals surface area contributed by atoms with E-state index in [-0.39, 0.29) is 12.0 Å². The van der Waals surface area contributed by atoms with Crippen LogP contribution in [0.2, 0.25) is 0 Å². The van der Waals surface area contributed by atoms with Gasteiger partial charge in [-0.2, -0.15) is 0 Å². The van der Waals surface area contributed by atoms with Gasteiger partial charge in [0.25, 0.3) is 0 Å². The van der Waals surface area contributed by atoms with E-state index in [1.54, 1.807) is 0 Å². The molecule has 3 nitrogen and oxygen atoms in total. The number of ether oxygens (including phenoxy) is 1. The molecule has 1 heterocycles. The summed E-state index contributed by atoms with van der Waals surface area (Å²) >= 11 is 0. The monoisotopic (exact) mass is 199 g/mol. The normalized spacial score (nSPS) is 22.9. The van der Waals surface area contributed by atoms with Crippen molar-refractivity contribution in [1.82, 2.24) is 4.90 Å². The molecule has 1 fully saturated rings. The van der Waals surface area contributed by atoms with Crippen LogP contribution in [0.5, 0.6) is 0 Å². The molecule has 0 aromatic rings. The number of rotatable bonds is 3. The lowest BCUT2D eigenvalue weighted by Gasteiger charge is -2.31. The van der Waals surface area contributed by atoms with E-state index in [4.69, 9.17) is 4.74 Å². The lowest BCUT2D eigenvalue weighted by atomic mass is 10.1. The summed E-state index contributed by atoms with van der Waals surface area (Å²) in [5, 5.41) is 0. The first-order chi connectivity index (χ1) is 6.59. The zero-order valence-corrected chi connectivity index (χ0v) is 9.45. The van der Waals surface area contributed by atoms with Crippen LogP contribution in [-0.2, 0) is 9.53 Å². The molecule has 1 aliphatic rings. The van der Waals surface area contributed by atoms with Crippen molar-refractivity contribution >= 4 is 5.91 Å². The number of amides is 1. The number of carbonyl (C=O) groups is 1. The molecule has 1 saturated heterocycles. The SMILES string of the molecule is CC(C)CCC(=O)N1CCO[C@@H](C)C1. The lowest BCUT2D eigenvalue weighted by Crippen LogP contribution is -2.44. The van der Waals surface area contributed by atoms with Gasteiger partial charge in [0.1, 0.15) is 0 Å². The molecule has 0 aliphatic carbocycles. The Morgan fingerprint density at radius 1 is 1.57 bits per heavy atom. The van der Waals surface area contributed by atoms with Crippen LogP contribution in [0.1, 0.15) is 33.6 Å². The van der Waals surface area contributed by atoms with E-state index >= 15 is 0 Å². The molecule has 1 aliphatic heterocycles. The average Bonchev–Trinajstić information content (AvgIpc) is 2.14. The molecule has 0 spiro atoms. The van der Waals surface area contributed by atoms with E-state index in [9.17, 15) is 4.79 Å². The Labute approximate surface area is 86.4 Å². The summed E-state index contributed by atoms with van der Waals surface area (Å²) < 4.78 is 5.39. The first kappa shape index (κ1) is 11.5. The maximum absolute atomic E-state index is 11.7. The van der Waals surface area contributed by atoms with Gasteiger partial charge in [-0.15, -0.1) is 0 Å². The van der Waals surface area contributed by atoms with Gasteiger partial charge in [0.15, 0.2) is 0 Å². The molecule has 0 aromatic carbocycles. The molecule has 1 atom stereocenters. The van der Waals surface area contributed by atoms with E-state index in [1.165, 1.54) is 0 Å². The molecule has 3 heteroatoms. The van der Waals surface area contributed by atoms with E-state index in [0.717, 1.165) is 19.5 Å². The molecule has 0 aromatic heterocycles. The first-order valence-corrected chi connectivity index (χ1v) is 5.49. The molecule has 0 radical (unpaired) electrons. The van der Waals surface area contributed by atoms with Crippen LogP contribution < -0.4 is 0 Å². The highest BCUT2D eigenvalue weighted by molar-refractivity contribution is 5.76. The fourth-order valence-electron chi connectivity index (χ4n) is 1.62. The van der Waals surface area contributed by atoms with Crippen molar-refractivity contribution < 1.29 is 9.53 Å². The molecular weight excluding hydrogens is 178 g/mol. The summed E-state index contributed by atoms with van der Waals surface area (Å²) in [5.41, 5.74) is 0. The summed E-state index contributed by atoms with van der Waals surface area (Å²) in [7, 11) is 0. The molecule has 0 saturated carbocycles. The van der Waals surface area contributed by atoms with E-state index in [2.05, 4.69) is 13.8 Å². The smallest absolute Gasteiger partial charge is 0.222 e. The molecule has 1 amide bonds. The molecule has 0 N–H and O–H groups in total. The number of nitrogens with zero attached hydrogens (tertiary/aromatic N) is 1.